The highest BCUT2D eigenvalue weighted by Gasteiger charge is 2.19. The number of benzene rings is 2. The van der Waals surface area contributed by atoms with Crippen molar-refractivity contribution in [2.24, 2.45) is 0 Å². The van der Waals surface area contributed by atoms with E-state index in [0.29, 0.717) is 5.56 Å². The minimum atomic E-state index is -0.218. The van der Waals surface area contributed by atoms with Crippen molar-refractivity contribution in [3.8, 4) is 0 Å². The normalized spacial score (nSPS) is 12.8. The third kappa shape index (κ3) is 2.58. The first-order valence-corrected chi connectivity index (χ1v) is 7.91. The zero-order valence-electron chi connectivity index (χ0n) is 11.4. The lowest BCUT2D eigenvalue weighted by Gasteiger charge is -2.18. The van der Waals surface area contributed by atoms with E-state index in [1.165, 1.54) is 6.07 Å². The molecule has 3 aromatic rings. The molecule has 21 heavy (non-hydrogen) atoms. The van der Waals surface area contributed by atoms with Crippen LogP contribution in [0.15, 0.2) is 46.9 Å². The molecule has 0 saturated carbocycles. The Morgan fingerprint density at radius 2 is 2.05 bits per heavy atom. The maximum atomic E-state index is 14.1. The van der Waals surface area contributed by atoms with Gasteiger partial charge in [0, 0.05) is 10.0 Å². The number of imidazole rings is 1. The van der Waals surface area contributed by atoms with Crippen LogP contribution < -0.4 is 0 Å². The summed E-state index contributed by atoms with van der Waals surface area (Å²) in [6.45, 7) is 1.96. The van der Waals surface area contributed by atoms with Gasteiger partial charge in [0.15, 0.2) is 0 Å². The summed E-state index contributed by atoms with van der Waals surface area (Å²) < 4.78 is 17.0. The second-order valence-electron chi connectivity index (χ2n) is 4.86. The molecule has 1 heterocycles. The largest absolute Gasteiger partial charge is 0.320 e. The van der Waals surface area contributed by atoms with E-state index in [0.717, 1.165) is 21.3 Å². The van der Waals surface area contributed by atoms with Gasteiger partial charge in [-0.1, -0.05) is 34.1 Å². The van der Waals surface area contributed by atoms with Gasteiger partial charge in [-0.2, -0.15) is 0 Å². The molecule has 108 valence electrons. The van der Waals surface area contributed by atoms with Gasteiger partial charge in [0.05, 0.1) is 23.0 Å². The fourth-order valence-corrected chi connectivity index (χ4v) is 3.14. The molecule has 3 rings (SSSR count). The van der Waals surface area contributed by atoms with Crippen LogP contribution in [-0.4, -0.2) is 9.55 Å². The van der Waals surface area contributed by atoms with Crippen LogP contribution in [0.3, 0.4) is 0 Å². The lowest BCUT2D eigenvalue weighted by Crippen LogP contribution is -2.11. The van der Waals surface area contributed by atoms with Crippen molar-refractivity contribution in [3.63, 3.8) is 0 Å². The van der Waals surface area contributed by atoms with Gasteiger partial charge in [-0.3, -0.25) is 0 Å². The zero-order chi connectivity index (χ0) is 15.0. The summed E-state index contributed by atoms with van der Waals surface area (Å²) in [5, 5.41) is 0. The van der Waals surface area contributed by atoms with Gasteiger partial charge in [-0.05, 0) is 31.2 Å². The maximum Gasteiger partial charge on any atom is 0.128 e. The standard InChI is InChI=1S/C16H13BrClFN2/c1-10(12-4-2-3-5-13(12)19)21-15-7-6-11(17)8-14(15)20-16(21)9-18/h2-8,10H,9H2,1H3. The fraction of sp³-hybridized carbons (Fsp3) is 0.188. The minimum Gasteiger partial charge on any atom is -0.320 e. The lowest BCUT2D eigenvalue weighted by molar-refractivity contribution is 0.556. The van der Waals surface area contributed by atoms with Crippen molar-refractivity contribution in [2.75, 3.05) is 0 Å². The maximum absolute atomic E-state index is 14.1. The number of hydrogen-bond donors (Lipinski definition) is 0. The highest BCUT2D eigenvalue weighted by molar-refractivity contribution is 9.10. The van der Waals surface area contributed by atoms with Crippen LogP contribution in [0.25, 0.3) is 11.0 Å². The zero-order valence-corrected chi connectivity index (χ0v) is 13.7. The van der Waals surface area contributed by atoms with E-state index in [2.05, 4.69) is 20.9 Å². The van der Waals surface area contributed by atoms with Crippen molar-refractivity contribution < 1.29 is 4.39 Å². The SMILES string of the molecule is CC(c1ccccc1F)n1c(CCl)nc2cc(Br)ccc21. The molecule has 5 heteroatoms. The van der Waals surface area contributed by atoms with Gasteiger partial charge < -0.3 is 4.57 Å². The van der Waals surface area contributed by atoms with Crippen LogP contribution in [0, 0.1) is 5.82 Å². The van der Waals surface area contributed by atoms with Crippen molar-refractivity contribution in [1.82, 2.24) is 9.55 Å². The highest BCUT2D eigenvalue weighted by Crippen LogP contribution is 2.29. The summed E-state index contributed by atoms with van der Waals surface area (Å²) in [6.07, 6.45) is 0. The molecule has 1 atom stereocenters. The molecule has 2 aromatic carbocycles. The van der Waals surface area contributed by atoms with Crippen molar-refractivity contribution >= 4 is 38.6 Å². The molecular weight excluding hydrogens is 355 g/mol. The Labute approximate surface area is 135 Å². The van der Waals surface area contributed by atoms with Gasteiger partial charge in [-0.15, -0.1) is 11.6 Å². The first-order chi connectivity index (χ1) is 10.1. The molecular formula is C16H13BrClFN2. The van der Waals surface area contributed by atoms with Gasteiger partial charge >= 0.3 is 0 Å². The third-order valence-corrected chi connectivity index (χ3v) is 4.32. The first kappa shape index (κ1) is 14.5. The van der Waals surface area contributed by atoms with Crippen LogP contribution >= 0.6 is 27.5 Å². The van der Waals surface area contributed by atoms with Gasteiger partial charge in [0.1, 0.15) is 11.6 Å². The van der Waals surface area contributed by atoms with Gasteiger partial charge in [0.2, 0.25) is 0 Å². The van der Waals surface area contributed by atoms with Gasteiger partial charge in [-0.25, -0.2) is 9.37 Å². The topological polar surface area (TPSA) is 17.8 Å². The van der Waals surface area contributed by atoms with Crippen molar-refractivity contribution in [1.29, 1.82) is 0 Å². The molecule has 0 bridgehead atoms. The number of hydrogen-bond acceptors (Lipinski definition) is 1. The number of alkyl halides is 1. The van der Waals surface area contributed by atoms with E-state index in [1.807, 2.05) is 35.8 Å². The molecule has 1 unspecified atom stereocenters. The molecule has 0 aliphatic carbocycles. The molecule has 0 aliphatic heterocycles. The van der Waals surface area contributed by atoms with E-state index in [4.69, 9.17) is 11.6 Å². The Kier molecular flexibility index (Phi) is 4.00. The molecule has 2 nitrogen and oxygen atoms in total. The average Bonchev–Trinajstić information content (AvgIpc) is 2.84. The van der Waals surface area contributed by atoms with E-state index >= 15 is 0 Å². The number of halogens is 3. The summed E-state index contributed by atoms with van der Waals surface area (Å²) in [7, 11) is 0. The highest BCUT2D eigenvalue weighted by atomic mass is 79.9. The van der Waals surface area contributed by atoms with E-state index in [-0.39, 0.29) is 17.7 Å². The van der Waals surface area contributed by atoms with E-state index < -0.39 is 0 Å². The Morgan fingerprint density at radius 3 is 2.76 bits per heavy atom. The summed E-state index contributed by atoms with van der Waals surface area (Å²) >= 11 is 9.47. The Morgan fingerprint density at radius 1 is 1.29 bits per heavy atom. The fourth-order valence-electron chi connectivity index (χ4n) is 2.60. The van der Waals surface area contributed by atoms with E-state index in [1.54, 1.807) is 12.1 Å². The molecule has 0 fully saturated rings. The minimum absolute atomic E-state index is 0.175. The van der Waals surface area contributed by atoms with Crippen LogP contribution in [0.5, 0.6) is 0 Å². The Bertz CT molecular complexity index is 800. The lowest BCUT2D eigenvalue weighted by atomic mass is 10.1. The average molecular weight is 368 g/mol. The van der Waals surface area contributed by atoms with Crippen LogP contribution in [0.1, 0.15) is 24.4 Å². The number of aromatic nitrogens is 2. The smallest absolute Gasteiger partial charge is 0.128 e. The Hall–Kier alpha value is -1.39. The molecule has 0 radical (unpaired) electrons. The molecule has 0 spiro atoms. The molecule has 0 saturated heterocycles. The number of rotatable bonds is 3. The number of fused-ring (bicyclic) bond motifs is 1. The number of nitrogens with zero attached hydrogens (tertiary/aromatic N) is 2. The summed E-state index contributed by atoms with van der Waals surface area (Å²) in [5.41, 5.74) is 2.43. The van der Waals surface area contributed by atoms with Crippen molar-refractivity contribution in [2.45, 2.75) is 18.8 Å². The summed E-state index contributed by atoms with van der Waals surface area (Å²) in [4.78, 5) is 4.55. The second-order valence-corrected chi connectivity index (χ2v) is 6.05. The van der Waals surface area contributed by atoms with E-state index in [9.17, 15) is 4.39 Å². The molecule has 1 aromatic heterocycles. The third-order valence-electron chi connectivity index (χ3n) is 3.59. The molecule has 0 aliphatic rings. The van der Waals surface area contributed by atoms with Crippen LogP contribution in [0.4, 0.5) is 4.39 Å². The van der Waals surface area contributed by atoms with Gasteiger partial charge in [0.25, 0.3) is 0 Å². The predicted octanol–water partition coefficient (Wildman–Crippen LogP) is 5.29. The molecule has 0 amide bonds. The van der Waals surface area contributed by atoms with Crippen LogP contribution in [-0.2, 0) is 5.88 Å². The quantitative estimate of drug-likeness (QED) is 0.575. The monoisotopic (exact) mass is 366 g/mol. The summed E-state index contributed by atoms with van der Waals surface area (Å²) in [6, 6.07) is 12.5. The molecule has 0 N–H and O–H groups in total. The second kappa shape index (κ2) is 5.78. The predicted molar refractivity (Wildman–Crippen MR) is 87.2 cm³/mol. The first-order valence-electron chi connectivity index (χ1n) is 6.58. The summed E-state index contributed by atoms with van der Waals surface area (Å²) in [5.74, 6) is 0.801. The Balaban J connectivity index is 2.21. The van der Waals surface area contributed by atoms with Crippen molar-refractivity contribution in [3.05, 3.63) is 64.1 Å². The van der Waals surface area contributed by atoms with Crippen LogP contribution in [0.2, 0.25) is 0 Å².